The average molecular weight is 360 g/mol. The first-order chi connectivity index (χ1) is 11.5. The second-order valence-electron chi connectivity index (χ2n) is 5.20. The van der Waals surface area contributed by atoms with Gasteiger partial charge in [0.05, 0.1) is 10.6 Å². The number of amides is 2. The molecule has 0 radical (unpaired) electrons. The van der Waals surface area contributed by atoms with E-state index in [0.717, 1.165) is 16.9 Å². The summed E-state index contributed by atoms with van der Waals surface area (Å²) < 4.78 is 0. The van der Waals surface area contributed by atoms with Gasteiger partial charge in [-0.2, -0.15) is 0 Å². The van der Waals surface area contributed by atoms with Crippen molar-refractivity contribution in [3.05, 3.63) is 44.7 Å². The van der Waals surface area contributed by atoms with Crippen molar-refractivity contribution in [1.29, 1.82) is 0 Å². The van der Waals surface area contributed by atoms with Gasteiger partial charge in [0.2, 0.25) is 0 Å². The summed E-state index contributed by atoms with van der Waals surface area (Å²) in [6.45, 7) is 4.09. The minimum atomic E-state index is -0.523. The van der Waals surface area contributed by atoms with Gasteiger partial charge in [-0.25, -0.2) is 4.98 Å². The number of anilines is 1. The van der Waals surface area contributed by atoms with Crippen LogP contribution >= 0.6 is 22.7 Å². The Morgan fingerprint density at radius 3 is 2.79 bits per heavy atom. The van der Waals surface area contributed by atoms with Crippen LogP contribution in [0.15, 0.2) is 23.7 Å². The molecule has 8 heteroatoms. The summed E-state index contributed by atoms with van der Waals surface area (Å²) in [4.78, 5) is 32.5. The van der Waals surface area contributed by atoms with Gasteiger partial charge >= 0.3 is 0 Å². The molecule has 0 aliphatic carbocycles. The molecule has 0 aliphatic rings. The molecule has 3 aromatic rings. The summed E-state index contributed by atoms with van der Waals surface area (Å²) in [6, 6.07) is 3.56. The first kappa shape index (κ1) is 16.4. The Kier molecular flexibility index (Phi) is 4.50. The Hall–Kier alpha value is -2.45. The summed E-state index contributed by atoms with van der Waals surface area (Å²) in [7, 11) is 0. The molecule has 0 atom stereocenters. The molecule has 0 saturated carbocycles. The SMILES string of the molecule is CCc1cc(C(=O)Nc2nc(-c3c[nH]c(C(N)=O)c3)cs2)sc1C. The van der Waals surface area contributed by atoms with Gasteiger partial charge < -0.3 is 10.7 Å². The van der Waals surface area contributed by atoms with Crippen molar-refractivity contribution in [2.75, 3.05) is 5.32 Å². The van der Waals surface area contributed by atoms with Crippen molar-refractivity contribution in [3.8, 4) is 11.3 Å². The standard InChI is InChI=1S/C16H16N4O2S2/c1-3-9-5-13(24-8(9)2)15(22)20-16-19-12(7-23-16)10-4-11(14(17)21)18-6-10/h4-7,18H,3H2,1-2H3,(H2,17,21)(H,19,20,22). The summed E-state index contributed by atoms with van der Waals surface area (Å²) in [5.41, 5.74) is 8.16. The van der Waals surface area contributed by atoms with E-state index >= 15 is 0 Å². The number of thiazole rings is 1. The minimum absolute atomic E-state index is 0.157. The van der Waals surface area contributed by atoms with Gasteiger partial charge in [0.1, 0.15) is 5.69 Å². The minimum Gasteiger partial charge on any atom is -0.364 e. The van der Waals surface area contributed by atoms with Crippen LogP contribution in [0.5, 0.6) is 0 Å². The third-order valence-corrected chi connectivity index (χ3v) is 5.44. The lowest BCUT2D eigenvalue weighted by atomic mass is 10.2. The van der Waals surface area contributed by atoms with Crippen LogP contribution in [0.3, 0.4) is 0 Å². The largest absolute Gasteiger partial charge is 0.364 e. The number of thiophene rings is 1. The van der Waals surface area contributed by atoms with E-state index < -0.39 is 5.91 Å². The fraction of sp³-hybridized carbons (Fsp3) is 0.188. The molecule has 3 heterocycles. The van der Waals surface area contributed by atoms with Crippen molar-refractivity contribution in [2.45, 2.75) is 20.3 Å². The van der Waals surface area contributed by atoms with Crippen molar-refractivity contribution in [2.24, 2.45) is 5.73 Å². The summed E-state index contributed by atoms with van der Waals surface area (Å²) in [6.07, 6.45) is 2.57. The number of H-pyrrole nitrogens is 1. The Balaban J connectivity index is 1.75. The third-order valence-electron chi connectivity index (χ3n) is 3.59. The van der Waals surface area contributed by atoms with Gasteiger partial charge in [0.15, 0.2) is 5.13 Å². The van der Waals surface area contributed by atoms with Crippen molar-refractivity contribution < 1.29 is 9.59 Å². The summed E-state index contributed by atoms with van der Waals surface area (Å²) in [5.74, 6) is -0.680. The molecular formula is C16H16N4O2S2. The summed E-state index contributed by atoms with van der Waals surface area (Å²) >= 11 is 2.82. The molecule has 0 spiro atoms. The van der Waals surface area contributed by atoms with Gasteiger partial charge in [-0.1, -0.05) is 6.92 Å². The van der Waals surface area contributed by atoms with Crippen molar-refractivity contribution >= 4 is 39.6 Å². The molecule has 124 valence electrons. The van der Waals surface area contributed by atoms with Gasteiger partial charge in [-0.05, 0) is 31.0 Å². The molecule has 24 heavy (non-hydrogen) atoms. The van der Waals surface area contributed by atoms with Crippen LogP contribution in [-0.4, -0.2) is 21.8 Å². The molecule has 0 saturated heterocycles. The van der Waals surface area contributed by atoms with Crippen molar-refractivity contribution in [1.82, 2.24) is 9.97 Å². The lowest BCUT2D eigenvalue weighted by Gasteiger charge is -1.97. The zero-order valence-corrected chi connectivity index (χ0v) is 14.8. The molecule has 2 amide bonds. The average Bonchev–Trinajstić information content (AvgIpc) is 3.25. The summed E-state index contributed by atoms with van der Waals surface area (Å²) in [5, 5.41) is 5.15. The molecule has 3 aromatic heterocycles. The number of hydrogen-bond donors (Lipinski definition) is 3. The molecule has 4 N–H and O–H groups in total. The van der Waals surface area contributed by atoms with Crippen LogP contribution in [0.1, 0.15) is 37.5 Å². The monoisotopic (exact) mass is 360 g/mol. The molecule has 0 aromatic carbocycles. The van der Waals surface area contributed by atoms with Crippen LogP contribution in [0.2, 0.25) is 0 Å². The highest BCUT2D eigenvalue weighted by Gasteiger charge is 2.14. The zero-order chi connectivity index (χ0) is 17.3. The van der Waals surface area contributed by atoms with Gasteiger partial charge in [0, 0.05) is 22.0 Å². The van der Waals surface area contributed by atoms with E-state index in [2.05, 4.69) is 22.2 Å². The highest BCUT2D eigenvalue weighted by Crippen LogP contribution is 2.27. The van der Waals surface area contributed by atoms with E-state index in [0.29, 0.717) is 21.4 Å². The number of hydrogen-bond acceptors (Lipinski definition) is 5. The molecule has 3 rings (SSSR count). The first-order valence-electron chi connectivity index (χ1n) is 7.32. The number of nitrogens with two attached hydrogens (primary N) is 1. The predicted molar refractivity (Wildman–Crippen MR) is 96.8 cm³/mol. The molecular weight excluding hydrogens is 344 g/mol. The smallest absolute Gasteiger partial charge is 0.267 e. The lowest BCUT2D eigenvalue weighted by Crippen LogP contribution is -2.10. The van der Waals surface area contributed by atoms with Crippen LogP contribution in [-0.2, 0) is 6.42 Å². The quantitative estimate of drug-likeness (QED) is 0.650. The Morgan fingerprint density at radius 2 is 2.17 bits per heavy atom. The number of aryl methyl sites for hydroxylation is 2. The second-order valence-corrected chi connectivity index (χ2v) is 7.32. The van der Waals surface area contributed by atoms with Crippen LogP contribution < -0.4 is 11.1 Å². The number of nitrogens with one attached hydrogen (secondary N) is 2. The van der Waals surface area contributed by atoms with E-state index in [1.54, 1.807) is 12.3 Å². The predicted octanol–water partition coefficient (Wildman–Crippen LogP) is 3.42. The van der Waals surface area contributed by atoms with E-state index in [1.165, 1.54) is 28.2 Å². The number of aromatic amines is 1. The van der Waals surface area contributed by atoms with Gasteiger partial charge in [-0.3, -0.25) is 14.9 Å². The maximum absolute atomic E-state index is 12.3. The number of aromatic nitrogens is 2. The zero-order valence-electron chi connectivity index (χ0n) is 13.2. The van der Waals surface area contributed by atoms with Crippen LogP contribution in [0.4, 0.5) is 5.13 Å². The fourth-order valence-corrected chi connectivity index (χ4v) is 4.01. The number of rotatable bonds is 5. The van der Waals surface area contributed by atoms with E-state index in [4.69, 9.17) is 5.73 Å². The molecule has 6 nitrogen and oxygen atoms in total. The number of nitrogens with zero attached hydrogens (tertiary/aromatic N) is 1. The Bertz CT molecular complexity index is 907. The molecule has 0 unspecified atom stereocenters. The maximum Gasteiger partial charge on any atom is 0.267 e. The number of primary amides is 1. The lowest BCUT2D eigenvalue weighted by molar-refractivity contribution is 0.0994. The van der Waals surface area contributed by atoms with Crippen LogP contribution in [0.25, 0.3) is 11.3 Å². The maximum atomic E-state index is 12.3. The fourth-order valence-electron chi connectivity index (χ4n) is 2.29. The molecule has 0 fully saturated rings. The normalized spacial score (nSPS) is 10.8. The van der Waals surface area contributed by atoms with E-state index in [9.17, 15) is 9.59 Å². The van der Waals surface area contributed by atoms with E-state index in [1.807, 2.05) is 18.4 Å². The van der Waals surface area contributed by atoms with Crippen molar-refractivity contribution in [3.63, 3.8) is 0 Å². The van der Waals surface area contributed by atoms with E-state index in [-0.39, 0.29) is 5.91 Å². The van der Waals surface area contributed by atoms with Gasteiger partial charge in [-0.15, -0.1) is 22.7 Å². The highest BCUT2D eigenvalue weighted by molar-refractivity contribution is 7.15. The topological polar surface area (TPSA) is 101 Å². The number of carbonyl (C=O) groups excluding carboxylic acids is 2. The molecule has 0 bridgehead atoms. The highest BCUT2D eigenvalue weighted by atomic mass is 32.1. The van der Waals surface area contributed by atoms with Crippen LogP contribution in [0, 0.1) is 6.92 Å². The second kappa shape index (κ2) is 6.58. The third kappa shape index (κ3) is 3.24. The van der Waals surface area contributed by atoms with Gasteiger partial charge in [0.25, 0.3) is 11.8 Å². The number of carbonyl (C=O) groups is 2. The Labute approximate surface area is 146 Å². The molecule has 0 aliphatic heterocycles. The Morgan fingerprint density at radius 1 is 1.38 bits per heavy atom. The first-order valence-corrected chi connectivity index (χ1v) is 9.02.